The molecule has 0 atom stereocenters. The second-order valence-electron chi connectivity index (χ2n) is 3.87. The predicted molar refractivity (Wildman–Crippen MR) is 72.1 cm³/mol. The van der Waals surface area contributed by atoms with E-state index in [1.165, 1.54) is 0 Å². The van der Waals surface area contributed by atoms with Gasteiger partial charge in [-0.05, 0) is 35.9 Å². The molecule has 0 bridgehead atoms. The van der Waals surface area contributed by atoms with Crippen LogP contribution in [0.25, 0.3) is 10.2 Å². The molecule has 0 amide bonds. The average molecular weight is 287 g/mol. The predicted octanol–water partition coefficient (Wildman–Crippen LogP) is 3.62. The third-order valence-electron chi connectivity index (χ3n) is 2.71. The minimum atomic E-state index is 0.342. The summed E-state index contributed by atoms with van der Waals surface area (Å²) in [5.74, 6) is 0. The van der Waals surface area contributed by atoms with Crippen LogP contribution >= 0.6 is 34.7 Å². The Kier molecular flexibility index (Phi) is 3.51. The highest BCUT2D eigenvalue weighted by Crippen LogP contribution is 2.35. The SMILES string of the molecule is Clc1nc(SC2CCOCC2)c2ccsc2n1. The van der Waals surface area contributed by atoms with Crippen molar-refractivity contribution in [3.05, 3.63) is 16.7 Å². The molecule has 2 aromatic heterocycles. The molecule has 3 rings (SSSR count). The van der Waals surface area contributed by atoms with Gasteiger partial charge in [-0.3, -0.25) is 0 Å². The van der Waals surface area contributed by atoms with Gasteiger partial charge in [-0.15, -0.1) is 23.1 Å². The average Bonchev–Trinajstić information content (AvgIpc) is 2.78. The van der Waals surface area contributed by atoms with E-state index in [1.54, 1.807) is 23.1 Å². The molecule has 0 saturated carbocycles. The van der Waals surface area contributed by atoms with Gasteiger partial charge >= 0.3 is 0 Å². The van der Waals surface area contributed by atoms with Crippen LogP contribution in [0.2, 0.25) is 5.28 Å². The lowest BCUT2D eigenvalue weighted by Crippen LogP contribution is -2.17. The maximum Gasteiger partial charge on any atom is 0.224 e. The molecule has 0 spiro atoms. The van der Waals surface area contributed by atoms with Gasteiger partial charge in [0.25, 0.3) is 0 Å². The van der Waals surface area contributed by atoms with Crippen molar-refractivity contribution in [3.63, 3.8) is 0 Å². The molecule has 2 aromatic rings. The fourth-order valence-electron chi connectivity index (χ4n) is 1.84. The monoisotopic (exact) mass is 286 g/mol. The van der Waals surface area contributed by atoms with Gasteiger partial charge in [-0.1, -0.05) is 0 Å². The number of hydrogen-bond acceptors (Lipinski definition) is 5. The normalized spacial score (nSPS) is 17.7. The lowest BCUT2D eigenvalue weighted by Gasteiger charge is -2.21. The molecule has 6 heteroatoms. The highest BCUT2D eigenvalue weighted by atomic mass is 35.5. The van der Waals surface area contributed by atoms with Crippen LogP contribution in [-0.2, 0) is 4.74 Å². The highest BCUT2D eigenvalue weighted by Gasteiger charge is 2.18. The molecule has 1 aliphatic rings. The van der Waals surface area contributed by atoms with Gasteiger partial charge < -0.3 is 4.74 Å². The minimum absolute atomic E-state index is 0.342. The highest BCUT2D eigenvalue weighted by molar-refractivity contribution is 8.00. The van der Waals surface area contributed by atoms with E-state index >= 15 is 0 Å². The number of rotatable bonds is 2. The summed E-state index contributed by atoms with van der Waals surface area (Å²) in [6.07, 6.45) is 2.16. The fourth-order valence-corrected chi connectivity index (χ4v) is 4.12. The van der Waals surface area contributed by atoms with Crippen molar-refractivity contribution in [1.29, 1.82) is 0 Å². The number of ether oxygens (including phenoxy) is 1. The number of aromatic nitrogens is 2. The number of thiophene rings is 1. The zero-order chi connectivity index (χ0) is 11.7. The van der Waals surface area contributed by atoms with Gasteiger partial charge in [0.1, 0.15) is 9.86 Å². The van der Waals surface area contributed by atoms with Gasteiger partial charge in [-0.25, -0.2) is 9.97 Å². The van der Waals surface area contributed by atoms with Crippen LogP contribution < -0.4 is 0 Å². The first-order valence-electron chi connectivity index (χ1n) is 5.48. The maximum absolute atomic E-state index is 5.94. The van der Waals surface area contributed by atoms with Gasteiger partial charge in [-0.2, -0.15) is 0 Å². The van der Waals surface area contributed by atoms with Crippen LogP contribution in [0.3, 0.4) is 0 Å². The summed E-state index contributed by atoms with van der Waals surface area (Å²) in [6.45, 7) is 1.70. The molecule has 3 nitrogen and oxygen atoms in total. The first-order chi connectivity index (χ1) is 8.33. The van der Waals surface area contributed by atoms with E-state index in [2.05, 4.69) is 16.0 Å². The number of halogens is 1. The largest absolute Gasteiger partial charge is 0.381 e. The van der Waals surface area contributed by atoms with Crippen molar-refractivity contribution in [1.82, 2.24) is 9.97 Å². The van der Waals surface area contributed by atoms with Crippen LogP contribution in [0.1, 0.15) is 12.8 Å². The van der Waals surface area contributed by atoms with Crippen LogP contribution in [-0.4, -0.2) is 28.4 Å². The topological polar surface area (TPSA) is 35.0 Å². The Bertz CT molecular complexity index is 525. The van der Waals surface area contributed by atoms with Crippen molar-refractivity contribution in [3.8, 4) is 0 Å². The Hall–Kier alpha value is -0.360. The molecule has 0 unspecified atom stereocenters. The smallest absolute Gasteiger partial charge is 0.224 e. The fraction of sp³-hybridized carbons (Fsp3) is 0.455. The number of hydrogen-bond donors (Lipinski definition) is 0. The summed E-state index contributed by atoms with van der Waals surface area (Å²) in [6, 6.07) is 2.07. The summed E-state index contributed by atoms with van der Waals surface area (Å²) in [5.41, 5.74) is 0. The lowest BCUT2D eigenvalue weighted by molar-refractivity contribution is 0.1000. The van der Waals surface area contributed by atoms with E-state index in [0.717, 1.165) is 41.3 Å². The van der Waals surface area contributed by atoms with E-state index in [9.17, 15) is 0 Å². The first kappa shape index (κ1) is 11.7. The molecule has 0 aromatic carbocycles. The van der Waals surface area contributed by atoms with Gasteiger partial charge in [0.05, 0.1) is 0 Å². The van der Waals surface area contributed by atoms with Gasteiger partial charge in [0.2, 0.25) is 5.28 Å². The van der Waals surface area contributed by atoms with Crippen molar-refractivity contribution in [2.45, 2.75) is 23.1 Å². The van der Waals surface area contributed by atoms with Crippen LogP contribution in [0, 0.1) is 0 Å². The molecule has 1 fully saturated rings. The summed E-state index contributed by atoms with van der Waals surface area (Å²) < 4.78 is 5.36. The molecule has 90 valence electrons. The Morgan fingerprint density at radius 1 is 1.35 bits per heavy atom. The number of fused-ring (bicyclic) bond motifs is 1. The van der Waals surface area contributed by atoms with E-state index in [0.29, 0.717) is 10.5 Å². The standard InChI is InChI=1S/C11H11ClN2OS2/c12-11-13-9-8(3-6-16-9)10(14-11)17-7-1-4-15-5-2-7/h3,6-7H,1-2,4-5H2. The van der Waals surface area contributed by atoms with Crippen molar-refractivity contribution >= 4 is 44.9 Å². The third kappa shape index (κ3) is 2.57. The molecule has 0 radical (unpaired) electrons. The van der Waals surface area contributed by atoms with E-state index < -0.39 is 0 Å². The molecule has 1 saturated heterocycles. The van der Waals surface area contributed by atoms with E-state index in [1.807, 2.05) is 5.38 Å². The summed E-state index contributed by atoms with van der Waals surface area (Å²) in [5, 5.41) is 5.08. The summed E-state index contributed by atoms with van der Waals surface area (Å²) in [7, 11) is 0. The third-order valence-corrected chi connectivity index (χ3v) is 5.02. The maximum atomic E-state index is 5.94. The van der Waals surface area contributed by atoms with Crippen molar-refractivity contribution in [2.24, 2.45) is 0 Å². The van der Waals surface area contributed by atoms with Crippen molar-refractivity contribution in [2.75, 3.05) is 13.2 Å². The second kappa shape index (κ2) is 5.10. The van der Waals surface area contributed by atoms with E-state index in [4.69, 9.17) is 16.3 Å². The Morgan fingerprint density at radius 3 is 3.00 bits per heavy atom. The Labute approximate surface area is 113 Å². The molecule has 3 heterocycles. The quantitative estimate of drug-likeness (QED) is 0.624. The second-order valence-corrected chi connectivity index (χ2v) is 6.39. The van der Waals surface area contributed by atoms with Gasteiger partial charge in [0.15, 0.2) is 0 Å². The number of thioether (sulfide) groups is 1. The molecule has 17 heavy (non-hydrogen) atoms. The zero-order valence-corrected chi connectivity index (χ0v) is 11.4. The van der Waals surface area contributed by atoms with Crippen molar-refractivity contribution < 1.29 is 4.74 Å². The zero-order valence-electron chi connectivity index (χ0n) is 9.06. The lowest BCUT2D eigenvalue weighted by atomic mass is 10.2. The minimum Gasteiger partial charge on any atom is -0.381 e. The molecule has 0 N–H and O–H groups in total. The molecule has 1 aliphatic heterocycles. The van der Waals surface area contributed by atoms with Crippen LogP contribution in [0.4, 0.5) is 0 Å². The first-order valence-corrected chi connectivity index (χ1v) is 7.62. The number of nitrogens with zero attached hydrogens (tertiary/aromatic N) is 2. The summed E-state index contributed by atoms with van der Waals surface area (Å²) in [4.78, 5) is 9.55. The Balaban J connectivity index is 1.90. The molecule has 0 aliphatic carbocycles. The summed E-state index contributed by atoms with van der Waals surface area (Å²) >= 11 is 9.35. The van der Waals surface area contributed by atoms with Crippen LogP contribution in [0.5, 0.6) is 0 Å². The molecular weight excluding hydrogens is 276 g/mol. The van der Waals surface area contributed by atoms with Gasteiger partial charge in [0, 0.05) is 23.8 Å². The van der Waals surface area contributed by atoms with Crippen LogP contribution in [0.15, 0.2) is 16.5 Å². The molecular formula is C11H11ClN2OS2. The Morgan fingerprint density at radius 2 is 2.18 bits per heavy atom. The van der Waals surface area contributed by atoms with E-state index in [-0.39, 0.29) is 0 Å².